The number of hydrogen-bond donors (Lipinski definition) is 1. The smallest absolute Gasteiger partial charge is 0.212 e. The fraction of sp³-hybridized carbons (Fsp3) is 0.286. The molecule has 5 rings (SSSR count). The average molecular weight is 412 g/mol. The molecule has 0 radical (unpaired) electrons. The average Bonchev–Trinajstić information content (AvgIpc) is 2.98. The molecule has 158 valence electrons. The number of rotatable bonds is 4. The topological polar surface area (TPSA) is 32.7 Å². The van der Waals surface area contributed by atoms with Gasteiger partial charge in [-0.25, -0.2) is 0 Å². The van der Waals surface area contributed by atoms with E-state index >= 15 is 0 Å². The van der Waals surface area contributed by atoms with Crippen molar-refractivity contribution in [3.8, 4) is 5.75 Å². The molecule has 3 heteroatoms. The van der Waals surface area contributed by atoms with E-state index in [9.17, 15) is 5.11 Å². The maximum Gasteiger partial charge on any atom is 0.212 e. The van der Waals surface area contributed by atoms with E-state index in [1.165, 1.54) is 11.3 Å². The minimum absolute atomic E-state index is 0.213. The van der Waals surface area contributed by atoms with E-state index < -0.39 is 11.8 Å². The summed E-state index contributed by atoms with van der Waals surface area (Å²) in [4.78, 5) is 2.41. The monoisotopic (exact) mass is 411 g/mol. The molecular formula is C28H29NO2. The van der Waals surface area contributed by atoms with E-state index in [2.05, 4.69) is 62.1 Å². The van der Waals surface area contributed by atoms with Gasteiger partial charge in [-0.15, -0.1) is 0 Å². The fourth-order valence-corrected chi connectivity index (χ4v) is 5.13. The molecule has 0 amide bonds. The van der Waals surface area contributed by atoms with Crippen molar-refractivity contribution in [1.82, 2.24) is 0 Å². The first kappa shape index (κ1) is 19.9. The van der Waals surface area contributed by atoms with Gasteiger partial charge in [0.1, 0.15) is 11.9 Å². The summed E-state index contributed by atoms with van der Waals surface area (Å²) in [6.07, 6.45) is 4.76. The summed E-state index contributed by atoms with van der Waals surface area (Å²) in [5.41, 5.74) is 4.54. The van der Waals surface area contributed by atoms with Gasteiger partial charge in [-0.05, 0) is 67.3 Å². The summed E-state index contributed by atoms with van der Waals surface area (Å²) in [6, 6.07) is 24.4. The predicted molar refractivity (Wildman–Crippen MR) is 126 cm³/mol. The summed E-state index contributed by atoms with van der Waals surface area (Å²) in [7, 11) is 0. The van der Waals surface area contributed by atoms with Crippen molar-refractivity contribution < 1.29 is 9.84 Å². The van der Waals surface area contributed by atoms with Crippen molar-refractivity contribution >= 4 is 11.8 Å². The number of hydrogen-bond acceptors (Lipinski definition) is 3. The van der Waals surface area contributed by atoms with Crippen molar-refractivity contribution in [2.75, 3.05) is 11.4 Å². The Labute approximate surface area is 184 Å². The summed E-state index contributed by atoms with van der Waals surface area (Å²) < 4.78 is 6.84. The molecule has 0 saturated heterocycles. The van der Waals surface area contributed by atoms with Crippen LogP contribution in [0.3, 0.4) is 0 Å². The normalized spacial score (nSPS) is 21.5. The summed E-state index contributed by atoms with van der Waals surface area (Å²) >= 11 is 0. The van der Waals surface area contributed by atoms with Gasteiger partial charge in [-0.3, -0.25) is 0 Å². The third kappa shape index (κ3) is 2.91. The van der Waals surface area contributed by atoms with Crippen LogP contribution in [0.15, 0.2) is 78.9 Å². The van der Waals surface area contributed by atoms with Gasteiger partial charge in [-0.1, -0.05) is 61.5 Å². The Morgan fingerprint density at radius 2 is 1.68 bits per heavy atom. The van der Waals surface area contributed by atoms with Gasteiger partial charge >= 0.3 is 0 Å². The van der Waals surface area contributed by atoms with E-state index in [-0.39, 0.29) is 5.41 Å². The highest BCUT2D eigenvalue weighted by Gasteiger charge is 2.58. The molecule has 0 saturated carbocycles. The molecule has 0 aromatic heterocycles. The van der Waals surface area contributed by atoms with Crippen LogP contribution in [-0.4, -0.2) is 17.4 Å². The largest absolute Gasteiger partial charge is 0.463 e. The van der Waals surface area contributed by atoms with Crippen molar-refractivity contribution in [3.63, 3.8) is 0 Å². The lowest BCUT2D eigenvalue weighted by Gasteiger charge is -2.47. The number of benzene rings is 3. The predicted octanol–water partition coefficient (Wildman–Crippen LogP) is 6.08. The van der Waals surface area contributed by atoms with Crippen molar-refractivity contribution in [1.29, 1.82) is 0 Å². The van der Waals surface area contributed by atoms with E-state index in [4.69, 9.17) is 4.74 Å². The van der Waals surface area contributed by atoms with Gasteiger partial charge in [-0.2, -0.15) is 0 Å². The van der Waals surface area contributed by atoms with Gasteiger partial charge in [0.25, 0.3) is 0 Å². The second kappa shape index (κ2) is 7.28. The summed E-state index contributed by atoms with van der Waals surface area (Å²) in [6.45, 7) is 7.67. The Bertz CT molecular complexity index is 1130. The highest BCUT2D eigenvalue weighted by Crippen LogP contribution is 2.55. The zero-order valence-electron chi connectivity index (χ0n) is 18.4. The van der Waals surface area contributed by atoms with Gasteiger partial charge in [0.2, 0.25) is 5.72 Å². The Kier molecular flexibility index (Phi) is 4.67. The quantitative estimate of drug-likeness (QED) is 0.565. The van der Waals surface area contributed by atoms with Crippen LogP contribution in [0.4, 0.5) is 5.69 Å². The van der Waals surface area contributed by atoms with Crippen molar-refractivity contribution in [2.24, 2.45) is 0 Å². The SMILES string of the molecule is CCCN1c2ccccc2C(C)(C)C12C=Cc1cc(C(O)c3ccccc3)ccc1O2. The Morgan fingerprint density at radius 1 is 0.935 bits per heavy atom. The first-order valence-corrected chi connectivity index (χ1v) is 11.1. The van der Waals surface area contributed by atoms with Crippen LogP contribution >= 0.6 is 0 Å². The molecule has 2 heterocycles. The van der Waals surface area contributed by atoms with Crippen LogP contribution in [0.25, 0.3) is 6.08 Å². The number of para-hydroxylation sites is 1. The van der Waals surface area contributed by atoms with Crippen LogP contribution in [-0.2, 0) is 5.41 Å². The third-order valence-corrected chi connectivity index (χ3v) is 6.83. The second-order valence-electron chi connectivity index (χ2n) is 9.04. The van der Waals surface area contributed by atoms with Crippen LogP contribution in [0.2, 0.25) is 0 Å². The molecule has 2 unspecified atom stereocenters. The number of fused-ring (bicyclic) bond motifs is 2. The van der Waals surface area contributed by atoms with E-state index in [1.807, 2.05) is 48.5 Å². The maximum atomic E-state index is 10.8. The van der Waals surface area contributed by atoms with Gasteiger partial charge in [0, 0.05) is 17.8 Å². The molecule has 1 N–H and O–H groups in total. The lowest BCUT2D eigenvalue weighted by Crippen LogP contribution is -2.59. The van der Waals surface area contributed by atoms with E-state index in [0.717, 1.165) is 35.4 Å². The van der Waals surface area contributed by atoms with Crippen LogP contribution < -0.4 is 9.64 Å². The van der Waals surface area contributed by atoms with Crippen molar-refractivity contribution in [3.05, 3.63) is 101 Å². The number of anilines is 1. The van der Waals surface area contributed by atoms with Crippen LogP contribution in [0.1, 0.15) is 55.5 Å². The number of aliphatic hydroxyl groups excluding tert-OH is 1. The standard InChI is InChI=1S/C28H29NO2/c1-4-18-29-24-13-9-8-12-23(24)27(2,3)28(29)17-16-21-19-22(14-15-25(21)31-28)26(30)20-10-6-5-7-11-20/h5-17,19,26,30H,4,18H2,1-3H3. The van der Waals surface area contributed by atoms with Gasteiger partial charge in [0.05, 0.1) is 5.41 Å². The Hall–Kier alpha value is -3.04. The lowest BCUT2D eigenvalue weighted by molar-refractivity contribution is 0.0534. The van der Waals surface area contributed by atoms with Gasteiger partial charge < -0.3 is 14.7 Å². The fourth-order valence-electron chi connectivity index (χ4n) is 5.13. The Morgan fingerprint density at radius 3 is 2.45 bits per heavy atom. The zero-order chi connectivity index (χ0) is 21.6. The highest BCUT2D eigenvalue weighted by molar-refractivity contribution is 5.72. The summed E-state index contributed by atoms with van der Waals surface area (Å²) in [5.74, 6) is 0.855. The van der Waals surface area contributed by atoms with E-state index in [1.54, 1.807) is 0 Å². The molecule has 0 aliphatic carbocycles. The molecule has 3 aromatic rings. The molecule has 0 bridgehead atoms. The molecule has 3 aromatic carbocycles. The molecular weight excluding hydrogens is 382 g/mol. The molecule has 2 atom stereocenters. The molecule has 1 spiro atoms. The highest BCUT2D eigenvalue weighted by atomic mass is 16.5. The zero-order valence-corrected chi connectivity index (χ0v) is 18.4. The second-order valence-corrected chi connectivity index (χ2v) is 9.04. The summed E-state index contributed by atoms with van der Waals surface area (Å²) in [5, 5.41) is 10.8. The third-order valence-electron chi connectivity index (χ3n) is 6.83. The van der Waals surface area contributed by atoms with Crippen molar-refractivity contribution in [2.45, 2.75) is 44.4 Å². The van der Waals surface area contributed by atoms with E-state index in [0.29, 0.717) is 0 Å². The maximum absolute atomic E-state index is 10.8. The molecule has 31 heavy (non-hydrogen) atoms. The molecule has 2 aliphatic rings. The number of nitrogens with zero attached hydrogens (tertiary/aromatic N) is 1. The van der Waals surface area contributed by atoms with Crippen LogP contribution in [0, 0.1) is 0 Å². The van der Waals surface area contributed by atoms with Gasteiger partial charge in [0.15, 0.2) is 0 Å². The molecule has 0 fully saturated rings. The lowest BCUT2D eigenvalue weighted by atomic mass is 9.76. The van der Waals surface area contributed by atoms with Crippen LogP contribution in [0.5, 0.6) is 5.75 Å². The molecule has 3 nitrogen and oxygen atoms in total. The first-order valence-electron chi connectivity index (χ1n) is 11.1. The minimum Gasteiger partial charge on any atom is -0.463 e. The minimum atomic E-state index is -0.653. The number of aliphatic hydroxyl groups is 1. The number of ether oxygens (including phenoxy) is 1. The Balaban J connectivity index is 1.55. The molecule has 2 aliphatic heterocycles. The first-order chi connectivity index (χ1) is 15.0.